The highest BCUT2D eigenvalue weighted by atomic mass is 79.9. The van der Waals surface area contributed by atoms with Gasteiger partial charge >= 0.3 is 0 Å². The zero-order valence-corrected chi connectivity index (χ0v) is 13.2. The minimum absolute atomic E-state index is 0.00583. The molecule has 0 fully saturated rings. The van der Waals surface area contributed by atoms with Crippen molar-refractivity contribution in [1.82, 2.24) is 0 Å². The Morgan fingerprint density at radius 2 is 1.76 bits per heavy atom. The van der Waals surface area contributed by atoms with Gasteiger partial charge in [-0.05, 0) is 59.1 Å². The number of halogens is 3. The molecule has 0 unspecified atom stereocenters. The molecule has 0 aliphatic carbocycles. The molecule has 0 bridgehead atoms. The summed E-state index contributed by atoms with van der Waals surface area (Å²) in [5, 5.41) is 11.7. The first-order valence-electron chi connectivity index (χ1n) is 6.31. The molecule has 2 nitrogen and oxygen atoms in total. The first-order chi connectivity index (χ1) is 9.92. The highest BCUT2D eigenvalue weighted by Crippen LogP contribution is 2.28. The van der Waals surface area contributed by atoms with Gasteiger partial charge in [0.05, 0.1) is 17.3 Å². The van der Waals surface area contributed by atoms with Crippen LogP contribution >= 0.6 is 15.9 Å². The molecule has 0 amide bonds. The summed E-state index contributed by atoms with van der Waals surface area (Å²) in [5.41, 5.74) is 2.77. The van der Waals surface area contributed by atoms with E-state index in [0.717, 1.165) is 33.4 Å². The molecule has 0 aliphatic heterocycles. The molecule has 0 aromatic heterocycles. The maximum absolute atomic E-state index is 13.8. The number of hydrogen-bond donors (Lipinski definition) is 1. The van der Waals surface area contributed by atoms with Crippen molar-refractivity contribution in [3.8, 4) is 6.07 Å². The molecule has 5 heteroatoms. The lowest BCUT2D eigenvalue weighted by Crippen LogP contribution is -2.07. The van der Waals surface area contributed by atoms with Gasteiger partial charge in [0.25, 0.3) is 0 Å². The third-order valence-corrected chi connectivity index (χ3v) is 3.77. The van der Waals surface area contributed by atoms with Gasteiger partial charge in [-0.15, -0.1) is 0 Å². The molecule has 0 aliphatic rings. The van der Waals surface area contributed by atoms with E-state index in [9.17, 15) is 8.78 Å². The molecule has 2 aromatic carbocycles. The largest absolute Gasteiger partial charge is 0.380 e. The average molecular weight is 351 g/mol. The van der Waals surface area contributed by atoms with E-state index in [4.69, 9.17) is 5.26 Å². The molecular weight excluding hydrogens is 338 g/mol. The Morgan fingerprint density at radius 1 is 1.14 bits per heavy atom. The van der Waals surface area contributed by atoms with E-state index in [-0.39, 0.29) is 17.7 Å². The Hall–Kier alpha value is -1.93. The minimum Gasteiger partial charge on any atom is -0.380 e. The predicted molar refractivity (Wildman–Crippen MR) is 82.0 cm³/mol. The number of aryl methyl sites for hydroxylation is 2. The summed E-state index contributed by atoms with van der Waals surface area (Å²) >= 11 is 3.44. The zero-order valence-electron chi connectivity index (χ0n) is 11.6. The molecule has 0 saturated heterocycles. The zero-order chi connectivity index (χ0) is 15.6. The van der Waals surface area contributed by atoms with Crippen LogP contribution in [0.25, 0.3) is 0 Å². The number of hydrogen-bond acceptors (Lipinski definition) is 2. The molecule has 108 valence electrons. The Morgan fingerprint density at radius 3 is 2.29 bits per heavy atom. The first-order valence-corrected chi connectivity index (χ1v) is 7.10. The Balaban J connectivity index is 2.28. The standard InChI is InChI=1S/C16H13BrF2N2/c1-9-3-10(2)16(13(17)4-9)21-8-12-14(18)5-11(7-20)6-15(12)19/h3-6,21H,8H2,1-2H3. The van der Waals surface area contributed by atoms with Crippen molar-refractivity contribution in [2.24, 2.45) is 0 Å². The van der Waals surface area contributed by atoms with E-state index in [0.29, 0.717) is 0 Å². The normalized spacial score (nSPS) is 10.3. The van der Waals surface area contributed by atoms with E-state index >= 15 is 0 Å². The third kappa shape index (κ3) is 3.40. The van der Waals surface area contributed by atoms with Gasteiger partial charge in [-0.2, -0.15) is 5.26 Å². The molecule has 0 spiro atoms. The van der Waals surface area contributed by atoms with Crippen molar-refractivity contribution in [1.29, 1.82) is 5.26 Å². The van der Waals surface area contributed by atoms with Crippen LogP contribution in [-0.2, 0) is 6.54 Å². The first kappa shape index (κ1) is 15.5. The van der Waals surface area contributed by atoms with Crippen LogP contribution in [0.4, 0.5) is 14.5 Å². The number of nitriles is 1. The van der Waals surface area contributed by atoms with Crippen molar-refractivity contribution in [3.05, 3.63) is 62.6 Å². The predicted octanol–water partition coefficient (Wildman–Crippen LogP) is 4.83. The number of benzene rings is 2. The van der Waals surface area contributed by atoms with Gasteiger partial charge in [0.15, 0.2) is 0 Å². The topological polar surface area (TPSA) is 35.8 Å². The Labute approximate surface area is 130 Å². The van der Waals surface area contributed by atoms with Crippen LogP contribution in [0.15, 0.2) is 28.7 Å². The summed E-state index contributed by atoms with van der Waals surface area (Å²) in [4.78, 5) is 0. The Bertz CT molecular complexity index is 690. The molecule has 0 heterocycles. The summed E-state index contributed by atoms with van der Waals surface area (Å²) in [6.45, 7) is 3.90. The second kappa shape index (κ2) is 6.23. The molecule has 2 aromatic rings. The molecule has 21 heavy (non-hydrogen) atoms. The lowest BCUT2D eigenvalue weighted by Gasteiger charge is -2.14. The smallest absolute Gasteiger partial charge is 0.132 e. The van der Waals surface area contributed by atoms with Crippen LogP contribution in [-0.4, -0.2) is 0 Å². The van der Waals surface area contributed by atoms with Crippen molar-refractivity contribution in [2.45, 2.75) is 20.4 Å². The second-order valence-corrected chi connectivity index (χ2v) is 5.68. The summed E-state index contributed by atoms with van der Waals surface area (Å²) in [5.74, 6) is -1.44. The van der Waals surface area contributed by atoms with Gasteiger partial charge in [0.2, 0.25) is 0 Å². The fourth-order valence-corrected chi connectivity index (χ4v) is 2.97. The molecule has 0 atom stereocenters. The van der Waals surface area contributed by atoms with Gasteiger partial charge < -0.3 is 5.32 Å². The molecule has 2 rings (SSSR count). The monoisotopic (exact) mass is 350 g/mol. The van der Waals surface area contributed by atoms with E-state index < -0.39 is 11.6 Å². The van der Waals surface area contributed by atoms with Gasteiger partial charge in [0, 0.05) is 16.6 Å². The summed E-state index contributed by atoms with van der Waals surface area (Å²) in [7, 11) is 0. The van der Waals surface area contributed by atoms with Crippen LogP contribution in [0.3, 0.4) is 0 Å². The van der Waals surface area contributed by atoms with Crippen molar-refractivity contribution >= 4 is 21.6 Å². The molecule has 0 saturated carbocycles. The minimum atomic E-state index is -0.722. The van der Waals surface area contributed by atoms with E-state index in [1.54, 1.807) is 6.07 Å². The second-order valence-electron chi connectivity index (χ2n) is 4.82. The maximum Gasteiger partial charge on any atom is 0.132 e. The van der Waals surface area contributed by atoms with Crippen LogP contribution in [0.5, 0.6) is 0 Å². The van der Waals surface area contributed by atoms with Crippen LogP contribution in [0.2, 0.25) is 0 Å². The third-order valence-electron chi connectivity index (χ3n) is 3.14. The average Bonchev–Trinajstić information content (AvgIpc) is 2.39. The molecule has 0 radical (unpaired) electrons. The van der Waals surface area contributed by atoms with Gasteiger partial charge in [-0.3, -0.25) is 0 Å². The quantitative estimate of drug-likeness (QED) is 0.860. The molecule has 1 N–H and O–H groups in total. The van der Waals surface area contributed by atoms with E-state index in [2.05, 4.69) is 21.2 Å². The van der Waals surface area contributed by atoms with Crippen LogP contribution < -0.4 is 5.32 Å². The summed E-state index contributed by atoms with van der Waals surface area (Å²) in [6, 6.07) is 7.72. The van der Waals surface area contributed by atoms with Crippen LogP contribution in [0.1, 0.15) is 22.3 Å². The van der Waals surface area contributed by atoms with Gasteiger partial charge in [-0.1, -0.05) is 6.07 Å². The van der Waals surface area contributed by atoms with Gasteiger partial charge in [-0.25, -0.2) is 8.78 Å². The fourth-order valence-electron chi connectivity index (χ4n) is 2.15. The lowest BCUT2D eigenvalue weighted by atomic mass is 10.1. The lowest BCUT2D eigenvalue weighted by molar-refractivity contribution is 0.559. The molecular formula is C16H13BrF2N2. The Kier molecular flexibility index (Phi) is 4.59. The van der Waals surface area contributed by atoms with E-state index in [1.165, 1.54) is 0 Å². The fraction of sp³-hybridized carbons (Fsp3) is 0.188. The van der Waals surface area contributed by atoms with Gasteiger partial charge in [0.1, 0.15) is 11.6 Å². The SMILES string of the molecule is Cc1cc(C)c(NCc2c(F)cc(C#N)cc2F)c(Br)c1. The summed E-state index contributed by atoms with van der Waals surface area (Å²) in [6.07, 6.45) is 0. The van der Waals surface area contributed by atoms with Crippen molar-refractivity contribution < 1.29 is 8.78 Å². The number of nitrogens with zero attached hydrogens (tertiary/aromatic N) is 1. The van der Waals surface area contributed by atoms with Crippen LogP contribution in [0, 0.1) is 36.8 Å². The van der Waals surface area contributed by atoms with Crippen molar-refractivity contribution in [3.63, 3.8) is 0 Å². The number of anilines is 1. The number of nitrogens with one attached hydrogen (secondary N) is 1. The highest BCUT2D eigenvalue weighted by Gasteiger charge is 2.12. The number of rotatable bonds is 3. The van der Waals surface area contributed by atoms with Crippen molar-refractivity contribution in [2.75, 3.05) is 5.32 Å². The highest BCUT2D eigenvalue weighted by molar-refractivity contribution is 9.10. The summed E-state index contributed by atoms with van der Waals surface area (Å²) < 4.78 is 28.5. The maximum atomic E-state index is 13.8. The van der Waals surface area contributed by atoms with E-state index in [1.807, 2.05) is 26.0 Å².